The predicted molar refractivity (Wildman–Crippen MR) is 112 cm³/mol. The highest BCUT2D eigenvalue weighted by molar-refractivity contribution is 7.89. The Morgan fingerprint density at radius 1 is 0.821 bits per heavy atom. The van der Waals surface area contributed by atoms with Gasteiger partial charge in [-0.1, -0.05) is 67.9 Å². The largest absolute Gasteiger partial charge is 0.263 e. The van der Waals surface area contributed by atoms with E-state index in [1.54, 1.807) is 18.3 Å². The lowest BCUT2D eigenvalue weighted by atomic mass is 10.1. The maximum absolute atomic E-state index is 13.2. The second-order valence-electron chi connectivity index (χ2n) is 6.87. The molecular weight excluding hydrogens is 368 g/mol. The molecule has 0 aliphatic carbocycles. The van der Waals surface area contributed by atoms with E-state index in [1.165, 1.54) is 16.1 Å². The molecule has 0 spiro atoms. The summed E-state index contributed by atoms with van der Waals surface area (Å²) in [5, 5.41) is 0. The van der Waals surface area contributed by atoms with Gasteiger partial charge in [0.15, 0.2) is 0 Å². The zero-order chi connectivity index (χ0) is 19.8. The number of hydrogen-bond acceptors (Lipinski definition) is 3. The molecule has 0 bridgehead atoms. The van der Waals surface area contributed by atoms with E-state index in [1.807, 2.05) is 42.5 Å². The van der Waals surface area contributed by atoms with Crippen LogP contribution >= 0.6 is 0 Å². The average Bonchev–Trinajstić information content (AvgIpc) is 2.74. The van der Waals surface area contributed by atoms with Gasteiger partial charge in [-0.05, 0) is 41.7 Å². The molecule has 0 aliphatic rings. The first-order chi connectivity index (χ1) is 13.6. The second-order valence-corrected chi connectivity index (χ2v) is 8.81. The summed E-state index contributed by atoms with van der Waals surface area (Å²) in [6.45, 7) is 2.81. The zero-order valence-electron chi connectivity index (χ0n) is 16.2. The molecule has 2 aromatic carbocycles. The smallest absolute Gasteiger partial charge is 0.245 e. The van der Waals surface area contributed by atoms with E-state index < -0.39 is 10.0 Å². The Hall–Kier alpha value is -2.50. The molecule has 3 aromatic rings. The molecule has 146 valence electrons. The molecule has 1 heterocycles. The van der Waals surface area contributed by atoms with Gasteiger partial charge in [-0.3, -0.25) is 4.98 Å². The average molecular weight is 395 g/mol. The molecule has 0 aliphatic heterocycles. The van der Waals surface area contributed by atoms with Crippen LogP contribution in [0.4, 0.5) is 0 Å². The number of nitrogens with zero attached hydrogens (tertiary/aromatic N) is 2. The lowest BCUT2D eigenvalue weighted by molar-refractivity contribution is 0.401. The number of sulfonamides is 1. The Balaban J connectivity index is 1.86. The highest BCUT2D eigenvalue weighted by Crippen LogP contribution is 2.21. The number of aryl methyl sites for hydroxylation is 1. The van der Waals surface area contributed by atoms with Crippen molar-refractivity contribution in [2.24, 2.45) is 0 Å². The van der Waals surface area contributed by atoms with Crippen LogP contribution in [-0.2, 0) is 29.5 Å². The molecule has 0 saturated carbocycles. The summed E-state index contributed by atoms with van der Waals surface area (Å²) in [5.41, 5.74) is 3.22. The first-order valence-corrected chi connectivity index (χ1v) is 11.1. The molecule has 0 atom stereocenters. The van der Waals surface area contributed by atoms with E-state index in [4.69, 9.17) is 0 Å². The highest BCUT2D eigenvalue weighted by atomic mass is 32.2. The number of pyridine rings is 1. The molecule has 1 aromatic heterocycles. The van der Waals surface area contributed by atoms with Gasteiger partial charge in [0.05, 0.1) is 0 Å². The van der Waals surface area contributed by atoms with Crippen molar-refractivity contribution in [2.75, 3.05) is 0 Å². The van der Waals surface area contributed by atoms with Crippen LogP contribution in [0.2, 0.25) is 0 Å². The maximum atomic E-state index is 13.2. The Morgan fingerprint density at radius 3 is 2.07 bits per heavy atom. The molecule has 0 saturated heterocycles. The van der Waals surface area contributed by atoms with Crippen molar-refractivity contribution < 1.29 is 8.42 Å². The van der Waals surface area contributed by atoms with E-state index in [0.717, 1.165) is 30.4 Å². The summed E-state index contributed by atoms with van der Waals surface area (Å²) >= 11 is 0. The number of benzene rings is 2. The van der Waals surface area contributed by atoms with Crippen molar-refractivity contribution in [3.05, 3.63) is 95.8 Å². The minimum absolute atomic E-state index is 0.213. The molecule has 3 rings (SSSR count). The third kappa shape index (κ3) is 5.27. The Labute approximate surface area is 167 Å². The number of unbranched alkanes of at least 4 members (excludes halogenated alkanes) is 1. The van der Waals surface area contributed by atoms with Crippen LogP contribution in [0, 0.1) is 0 Å². The molecule has 0 unspecified atom stereocenters. The number of rotatable bonds is 9. The van der Waals surface area contributed by atoms with Gasteiger partial charge in [0.1, 0.15) is 4.90 Å². The van der Waals surface area contributed by atoms with Crippen LogP contribution in [0.25, 0.3) is 0 Å². The third-order valence-electron chi connectivity index (χ3n) is 4.67. The van der Waals surface area contributed by atoms with Gasteiger partial charge < -0.3 is 0 Å². The quantitative estimate of drug-likeness (QED) is 0.523. The Bertz CT molecular complexity index is 957. The lowest BCUT2D eigenvalue weighted by Gasteiger charge is -2.22. The van der Waals surface area contributed by atoms with Gasteiger partial charge in [-0.2, -0.15) is 4.31 Å². The van der Waals surface area contributed by atoms with Crippen LogP contribution in [0.15, 0.2) is 84.0 Å². The van der Waals surface area contributed by atoms with E-state index >= 15 is 0 Å². The molecule has 0 amide bonds. The SMILES string of the molecule is CCCCc1ccc(CN(Cc2ccccc2)S(=O)(=O)c2cccnc2)cc1. The maximum Gasteiger partial charge on any atom is 0.245 e. The van der Waals surface area contributed by atoms with Gasteiger partial charge in [-0.25, -0.2) is 8.42 Å². The van der Waals surface area contributed by atoms with Gasteiger partial charge >= 0.3 is 0 Å². The summed E-state index contributed by atoms with van der Waals surface area (Å²) in [7, 11) is -3.65. The fourth-order valence-electron chi connectivity index (χ4n) is 3.06. The van der Waals surface area contributed by atoms with E-state index in [0.29, 0.717) is 13.1 Å². The molecule has 5 heteroatoms. The molecule has 0 N–H and O–H groups in total. The summed E-state index contributed by atoms with van der Waals surface area (Å²) in [6, 6.07) is 21.2. The first kappa shape index (κ1) is 20.2. The zero-order valence-corrected chi connectivity index (χ0v) is 17.0. The lowest BCUT2D eigenvalue weighted by Crippen LogP contribution is -2.30. The summed E-state index contributed by atoms with van der Waals surface area (Å²) < 4.78 is 28.0. The summed E-state index contributed by atoms with van der Waals surface area (Å²) in [4.78, 5) is 4.20. The number of aromatic nitrogens is 1. The highest BCUT2D eigenvalue weighted by Gasteiger charge is 2.25. The monoisotopic (exact) mass is 394 g/mol. The third-order valence-corrected chi connectivity index (χ3v) is 6.45. The number of hydrogen-bond donors (Lipinski definition) is 0. The van der Waals surface area contributed by atoms with Crippen LogP contribution < -0.4 is 0 Å². The van der Waals surface area contributed by atoms with Crippen molar-refractivity contribution >= 4 is 10.0 Å². The van der Waals surface area contributed by atoms with Gasteiger partial charge in [0.25, 0.3) is 0 Å². The standard InChI is InChI=1S/C23H26N2O2S/c1-2-3-8-20-12-14-22(15-13-20)19-25(18-21-9-5-4-6-10-21)28(26,27)23-11-7-16-24-17-23/h4-7,9-17H,2-3,8,18-19H2,1H3. The topological polar surface area (TPSA) is 50.3 Å². The van der Waals surface area contributed by atoms with Crippen molar-refractivity contribution in [3.8, 4) is 0 Å². The summed E-state index contributed by atoms with van der Waals surface area (Å²) in [5.74, 6) is 0. The molecule has 28 heavy (non-hydrogen) atoms. The van der Waals surface area contributed by atoms with Crippen LogP contribution in [0.1, 0.15) is 36.5 Å². The van der Waals surface area contributed by atoms with Crippen LogP contribution in [0.3, 0.4) is 0 Å². The van der Waals surface area contributed by atoms with Gasteiger partial charge in [0, 0.05) is 25.5 Å². The Kier molecular flexibility index (Phi) is 6.95. The molecule has 0 fully saturated rings. The van der Waals surface area contributed by atoms with Gasteiger partial charge in [-0.15, -0.1) is 0 Å². The Morgan fingerprint density at radius 2 is 1.46 bits per heavy atom. The van der Waals surface area contributed by atoms with E-state index in [9.17, 15) is 8.42 Å². The molecule has 4 nitrogen and oxygen atoms in total. The van der Waals surface area contributed by atoms with Crippen molar-refractivity contribution in [1.29, 1.82) is 0 Å². The van der Waals surface area contributed by atoms with Crippen molar-refractivity contribution in [3.63, 3.8) is 0 Å². The second kappa shape index (κ2) is 9.62. The summed E-state index contributed by atoms with van der Waals surface area (Å²) in [6.07, 6.45) is 6.36. The first-order valence-electron chi connectivity index (χ1n) is 9.61. The fourth-order valence-corrected chi connectivity index (χ4v) is 4.44. The van der Waals surface area contributed by atoms with Gasteiger partial charge in [0.2, 0.25) is 10.0 Å². The minimum Gasteiger partial charge on any atom is -0.263 e. The van der Waals surface area contributed by atoms with Crippen molar-refractivity contribution in [2.45, 2.75) is 44.2 Å². The van der Waals surface area contributed by atoms with Crippen molar-refractivity contribution in [1.82, 2.24) is 9.29 Å². The predicted octanol–water partition coefficient (Wildman–Crippen LogP) is 4.82. The fraction of sp³-hybridized carbons (Fsp3) is 0.261. The van der Waals surface area contributed by atoms with Crippen LogP contribution in [0.5, 0.6) is 0 Å². The minimum atomic E-state index is -3.65. The normalized spacial score (nSPS) is 11.6. The van der Waals surface area contributed by atoms with E-state index in [2.05, 4.69) is 24.0 Å². The molecular formula is C23H26N2O2S. The van der Waals surface area contributed by atoms with E-state index in [-0.39, 0.29) is 4.90 Å². The molecule has 0 radical (unpaired) electrons. The van der Waals surface area contributed by atoms with Crippen LogP contribution in [-0.4, -0.2) is 17.7 Å².